The number of carbonyl (C=O) groups excluding carboxylic acids is 1. The number of amides is 1. The molecule has 1 fully saturated rings. The minimum Gasteiger partial charge on any atom is -0.355 e. The highest BCUT2D eigenvalue weighted by molar-refractivity contribution is 7.80. The van der Waals surface area contributed by atoms with Crippen molar-refractivity contribution in [2.24, 2.45) is 0 Å². The molecule has 0 aromatic heterocycles. The van der Waals surface area contributed by atoms with Crippen LogP contribution in [-0.4, -0.2) is 30.2 Å². The minimum absolute atomic E-state index is 0.132. The zero-order valence-electron chi connectivity index (χ0n) is 16.8. The number of rotatable bonds is 3. The van der Waals surface area contributed by atoms with Gasteiger partial charge in [-0.05, 0) is 62.5 Å². The first-order valence-electron chi connectivity index (χ1n) is 9.15. The lowest BCUT2D eigenvalue weighted by Gasteiger charge is -2.31. The van der Waals surface area contributed by atoms with Gasteiger partial charge in [0.15, 0.2) is 5.11 Å². The van der Waals surface area contributed by atoms with Crippen LogP contribution in [0.5, 0.6) is 0 Å². The van der Waals surface area contributed by atoms with Gasteiger partial charge in [0.2, 0.25) is 0 Å². The number of benzene rings is 2. The molecule has 2 aromatic rings. The second kappa shape index (κ2) is 7.81. The highest BCUT2D eigenvalue weighted by Crippen LogP contribution is 2.39. The number of thiocarbonyl (C=S) groups is 1. The summed E-state index contributed by atoms with van der Waals surface area (Å²) in [5.74, 6) is -1.32. The lowest BCUT2D eigenvalue weighted by Crippen LogP contribution is -2.42. The van der Waals surface area contributed by atoms with Gasteiger partial charge in [-0.25, -0.2) is 4.39 Å². The highest BCUT2D eigenvalue weighted by Gasteiger charge is 2.43. The van der Waals surface area contributed by atoms with Crippen LogP contribution in [0.2, 0.25) is 0 Å². The molecule has 5 nitrogen and oxygen atoms in total. The van der Waals surface area contributed by atoms with Gasteiger partial charge in [0, 0.05) is 25.0 Å². The quantitative estimate of drug-likeness (QED) is 0.553. The number of hydrogen-bond acceptors (Lipinski definition) is 3. The summed E-state index contributed by atoms with van der Waals surface area (Å²) in [6, 6.07) is 8.97. The fraction of sp³-hybridized carbons (Fsp3) is 0.286. The van der Waals surface area contributed by atoms with Crippen LogP contribution in [0.25, 0.3) is 0 Å². The van der Waals surface area contributed by atoms with E-state index < -0.39 is 34.6 Å². The first-order valence-corrected chi connectivity index (χ1v) is 9.56. The van der Waals surface area contributed by atoms with E-state index in [2.05, 4.69) is 5.32 Å². The molecule has 1 N–H and O–H groups in total. The Morgan fingerprint density at radius 3 is 2.39 bits per heavy atom. The average molecular weight is 450 g/mol. The van der Waals surface area contributed by atoms with Gasteiger partial charge in [0.05, 0.1) is 28.3 Å². The third-order valence-corrected chi connectivity index (χ3v) is 5.40. The van der Waals surface area contributed by atoms with Gasteiger partial charge in [0.1, 0.15) is 5.82 Å². The van der Waals surface area contributed by atoms with Gasteiger partial charge in [-0.1, -0.05) is 0 Å². The third kappa shape index (κ3) is 4.05. The summed E-state index contributed by atoms with van der Waals surface area (Å²) in [4.78, 5) is 14.9. The van der Waals surface area contributed by atoms with Crippen molar-refractivity contribution < 1.29 is 22.4 Å². The maximum absolute atomic E-state index is 14.5. The lowest BCUT2D eigenvalue weighted by molar-refractivity contribution is -0.137. The molecule has 2 aromatic carbocycles. The Labute approximate surface area is 181 Å². The van der Waals surface area contributed by atoms with Crippen molar-refractivity contribution in [3.05, 3.63) is 58.9 Å². The SMILES string of the molecule is CNC(=O)c1ccc(N2C(=S)N(c3ccc(C#N)c(C(F)(F)F)c3)CC2(C)C)cc1F. The van der Waals surface area contributed by atoms with Gasteiger partial charge >= 0.3 is 6.18 Å². The number of carbonyl (C=O) groups is 1. The van der Waals surface area contributed by atoms with E-state index in [-0.39, 0.29) is 22.9 Å². The van der Waals surface area contributed by atoms with E-state index in [1.807, 2.05) is 13.8 Å². The van der Waals surface area contributed by atoms with Gasteiger partial charge in [-0.2, -0.15) is 18.4 Å². The van der Waals surface area contributed by atoms with Crippen LogP contribution >= 0.6 is 12.2 Å². The molecule has 0 bridgehead atoms. The first kappa shape index (κ1) is 22.5. The summed E-state index contributed by atoms with van der Waals surface area (Å²) in [6.07, 6.45) is -4.70. The molecule has 10 heteroatoms. The van der Waals surface area contributed by atoms with E-state index in [0.29, 0.717) is 5.69 Å². The molecular formula is C21H18F4N4OS. The van der Waals surface area contributed by atoms with Gasteiger partial charge in [0.25, 0.3) is 5.91 Å². The maximum atomic E-state index is 14.5. The number of hydrogen-bond donors (Lipinski definition) is 1. The van der Waals surface area contributed by atoms with E-state index in [1.54, 1.807) is 11.0 Å². The second-order valence-corrected chi connectivity index (χ2v) is 7.96. The molecule has 0 spiro atoms. The Morgan fingerprint density at radius 2 is 1.84 bits per heavy atom. The van der Waals surface area contributed by atoms with Crippen molar-refractivity contribution in [2.75, 3.05) is 23.4 Å². The first-order chi connectivity index (χ1) is 14.4. The number of nitriles is 1. The van der Waals surface area contributed by atoms with Crippen LogP contribution in [0.1, 0.15) is 35.3 Å². The van der Waals surface area contributed by atoms with Crippen molar-refractivity contribution >= 4 is 34.6 Å². The molecule has 3 rings (SSSR count). The highest BCUT2D eigenvalue weighted by atomic mass is 32.1. The van der Waals surface area contributed by atoms with E-state index in [0.717, 1.165) is 12.1 Å². The zero-order valence-corrected chi connectivity index (χ0v) is 17.7. The third-order valence-electron chi connectivity index (χ3n) is 5.00. The maximum Gasteiger partial charge on any atom is 0.417 e. The molecule has 0 unspecified atom stereocenters. The van der Waals surface area contributed by atoms with Crippen LogP contribution in [0, 0.1) is 17.1 Å². The topological polar surface area (TPSA) is 59.4 Å². The van der Waals surface area contributed by atoms with E-state index in [4.69, 9.17) is 17.5 Å². The number of nitrogens with one attached hydrogen (secondary N) is 1. The Balaban J connectivity index is 2.02. The van der Waals surface area contributed by atoms with Crippen molar-refractivity contribution in [3.63, 3.8) is 0 Å². The second-order valence-electron chi connectivity index (χ2n) is 7.60. The Bertz CT molecular complexity index is 1110. The minimum atomic E-state index is -4.70. The molecule has 0 aliphatic carbocycles. The van der Waals surface area contributed by atoms with E-state index in [1.165, 1.54) is 36.2 Å². The molecule has 0 saturated carbocycles. The Morgan fingerprint density at radius 1 is 1.19 bits per heavy atom. The zero-order chi connectivity index (χ0) is 23.1. The van der Waals surface area contributed by atoms with Gasteiger partial charge in [-0.3, -0.25) is 4.79 Å². The predicted molar refractivity (Wildman–Crippen MR) is 112 cm³/mol. The predicted octanol–water partition coefficient (Wildman–Crippen LogP) is 4.47. The fourth-order valence-corrected chi connectivity index (χ4v) is 4.08. The Hall–Kier alpha value is -3.19. The summed E-state index contributed by atoms with van der Waals surface area (Å²) >= 11 is 5.53. The molecule has 1 aliphatic heterocycles. The average Bonchev–Trinajstić information content (AvgIpc) is 2.94. The number of alkyl halides is 3. The van der Waals surface area contributed by atoms with Crippen molar-refractivity contribution in [1.29, 1.82) is 5.26 Å². The molecule has 1 aliphatic rings. The van der Waals surface area contributed by atoms with Crippen LogP contribution < -0.4 is 15.1 Å². The van der Waals surface area contributed by atoms with Crippen LogP contribution in [-0.2, 0) is 6.18 Å². The fourth-order valence-electron chi connectivity index (χ4n) is 3.56. The molecule has 0 radical (unpaired) electrons. The summed E-state index contributed by atoms with van der Waals surface area (Å²) in [7, 11) is 1.39. The molecule has 1 amide bonds. The standard InChI is InChI=1S/C21H18F4N4OS/c1-20(2)11-28(13-5-4-12(10-26)16(8-13)21(23,24)25)19(31)29(20)14-6-7-15(17(22)9-14)18(30)27-3/h4-9H,11H2,1-3H3,(H,27,30). The summed E-state index contributed by atoms with van der Waals surface area (Å²) in [5, 5.41) is 11.5. The molecule has 31 heavy (non-hydrogen) atoms. The summed E-state index contributed by atoms with van der Waals surface area (Å²) in [6.45, 7) is 3.87. The molecule has 1 saturated heterocycles. The van der Waals surface area contributed by atoms with Crippen LogP contribution in [0.4, 0.5) is 28.9 Å². The lowest BCUT2D eigenvalue weighted by atomic mass is 10.0. The normalized spacial score (nSPS) is 15.7. The summed E-state index contributed by atoms with van der Waals surface area (Å²) in [5.41, 5.74) is -1.81. The van der Waals surface area contributed by atoms with Gasteiger partial charge in [-0.15, -0.1) is 0 Å². The van der Waals surface area contributed by atoms with Gasteiger partial charge < -0.3 is 15.1 Å². The smallest absolute Gasteiger partial charge is 0.355 e. The Kier molecular flexibility index (Phi) is 5.67. The molecular weight excluding hydrogens is 432 g/mol. The molecule has 162 valence electrons. The van der Waals surface area contributed by atoms with Crippen molar-refractivity contribution in [3.8, 4) is 6.07 Å². The number of nitrogens with zero attached hydrogens (tertiary/aromatic N) is 3. The summed E-state index contributed by atoms with van der Waals surface area (Å²) < 4.78 is 54.7. The van der Waals surface area contributed by atoms with Crippen molar-refractivity contribution in [1.82, 2.24) is 5.32 Å². The van der Waals surface area contributed by atoms with Crippen molar-refractivity contribution in [2.45, 2.75) is 25.6 Å². The molecule has 1 heterocycles. The van der Waals surface area contributed by atoms with E-state index in [9.17, 15) is 22.4 Å². The number of anilines is 2. The van der Waals surface area contributed by atoms with E-state index >= 15 is 0 Å². The largest absolute Gasteiger partial charge is 0.417 e. The number of halogens is 4. The van der Waals surface area contributed by atoms with Crippen LogP contribution in [0.15, 0.2) is 36.4 Å². The van der Waals surface area contributed by atoms with Crippen LogP contribution in [0.3, 0.4) is 0 Å². The molecule has 0 atom stereocenters. The monoisotopic (exact) mass is 450 g/mol.